The van der Waals surface area contributed by atoms with Crippen molar-refractivity contribution >= 4 is 54.7 Å². The third kappa shape index (κ3) is 3.98. The van der Waals surface area contributed by atoms with Crippen LogP contribution in [0.5, 0.6) is 0 Å². The fourth-order valence-corrected chi connectivity index (χ4v) is 9.81. The highest BCUT2D eigenvalue weighted by molar-refractivity contribution is 6.25. The summed E-state index contributed by atoms with van der Waals surface area (Å²) in [5.74, 6) is 0. The molecule has 2 aromatic heterocycles. The number of hydrogen-bond acceptors (Lipinski definition) is 2. The largest absolute Gasteiger partial charge is 0.254 e. The Labute approximate surface area is 308 Å². The molecule has 0 atom stereocenters. The third-order valence-electron chi connectivity index (χ3n) is 12.5. The predicted octanol–water partition coefficient (Wildman–Crippen LogP) is 13.2. The van der Waals surface area contributed by atoms with Crippen molar-refractivity contribution in [1.29, 1.82) is 0 Å². The number of benzene rings is 7. The lowest BCUT2D eigenvalue weighted by Gasteiger charge is -2.25. The van der Waals surface area contributed by atoms with E-state index in [-0.39, 0.29) is 5.41 Å². The van der Waals surface area contributed by atoms with E-state index < -0.39 is 0 Å². The molecule has 2 nitrogen and oxygen atoms in total. The van der Waals surface area contributed by atoms with E-state index in [1.165, 1.54) is 104 Å². The van der Waals surface area contributed by atoms with Gasteiger partial charge in [0.25, 0.3) is 0 Å². The van der Waals surface area contributed by atoms with Crippen LogP contribution in [0.3, 0.4) is 0 Å². The van der Waals surface area contributed by atoms with Gasteiger partial charge in [0.1, 0.15) is 0 Å². The molecular formula is C51H34N2. The summed E-state index contributed by atoms with van der Waals surface area (Å²) in [6.45, 7) is 4.65. The van der Waals surface area contributed by atoms with E-state index in [1.54, 1.807) is 0 Å². The van der Waals surface area contributed by atoms with Crippen LogP contribution >= 0.6 is 0 Å². The van der Waals surface area contributed by atoms with Gasteiger partial charge in [-0.1, -0.05) is 135 Å². The van der Waals surface area contributed by atoms with Crippen molar-refractivity contribution in [2.45, 2.75) is 32.1 Å². The molecule has 0 unspecified atom stereocenters. The van der Waals surface area contributed by atoms with Crippen LogP contribution in [0.4, 0.5) is 0 Å². The zero-order chi connectivity index (χ0) is 35.0. The van der Waals surface area contributed by atoms with E-state index in [0.29, 0.717) is 0 Å². The van der Waals surface area contributed by atoms with Crippen LogP contribution < -0.4 is 0 Å². The molecule has 0 spiro atoms. The average molecular weight is 675 g/mol. The summed E-state index contributed by atoms with van der Waals surface area (Å²) in [6, 6.07) is 43.2. The molecule has 7 aromatic carbocycles. The van der Waals surface area contributed by atoms with Gasteiger partial charge in [0.15, 0.2) is 0 Å². The molecule has 0 N–H and O–H groups in total. The van der Waals surface area contributed by atoms with Gasteiger partial charge in [-0.05, 0) is 124 Å². The van der Waals surface area contributed by atoms with Gasteiger partial charge in [-0.25, -0.2) is 0 Å². The zero-order valence-corrected chi connectivity index (χ0v) is 29.7. The molecule has 0 amide bonds. The summed E-state index contributed by atoms with van der Waals surface area (Å²) in [4.78, 5) is 10.2. The van der Waals surface area contributed by atoms with E-state index in [2.05, 4.69) is 154 Å². The maximum Gasteiger partial charge on any atom is 0.0930 e. The summed E-state index contributed by atoms with van der Waals surface area (Å²) in [7, 11) is 0. The van der Waals surface area contributed by atoms with E-state index in [9.17, 15) is 0 Å². The number of aromatic nitrogens is 2. The molecule has 53 heavy (non-hydrogen) atoms. The standard InChI is InChI=1S/C51H34N2/c1-51(2)43-25-37(29-9-11-30(12-10-29)39-21-17-35-15-13-31-5-3-7-33-19-23-41(39)47(35)45(31)33)27-52-49(43)50-44(51)26-38(28-53-50)40-22-18-36-16-14-32-6-4-8-34-20-24-42(40)48(36)46(32)34/h3-5,7-15,17-28H,6,16H2,1-2H3. The smallest absolute Gasteiger partial charge is 0.0930 e. The van der Waals surface area contributed by atoms with E-state index in [0.717, 1.165) is 29.8 Å². The minimum atomic E-state index is -0.237. The Kier molecular flexibility index (Phi) is 5.71. The van der Waals surface area contributed by atoms with E-state index in [4.69, 9.17) is 9.97 Å². The van der Waals surface area contributed by atoms with Crippen molar-refractivity contribution in [3.8, 4) is 44.8 Å². The Morgan fingerprint density at radius 3 is 1.96 bits per heavy atom. The maximum atomic E-state index is 5.14. The lowest BCUT2D eigenvalue weighted by atomic mass is 9.79. The summed E-state index contributed by atoms with van der Waals surface area (Å²) in [5, 5.41) is 10.6. The second-order valence-electron chi connectivity index (χ2n) is 15.7. The Morgan fingerprint density at radius 2 is 1.15 bits per heavy atom. The molecule has 12 rings (SSSR count). The zero-order valence-electron chi connectivity index (χ0n) is 29.7. The van der Waals surface area contributed by atoms with Crippen molar-refractivity contribution in [2.24, 2.45) is 0 Å². The number of fused-ring (bicyclic) bond motifs is 3. The van der Waals surface area contributed by atoms with Crippen LogP contribution in [0.2, 0.25) is 0 Å². The van der Waals surface area contributed by atoms with Crippen LogP contribution in [-0.4, -0.2) is 9.97 Å². The summed E-state index contributed by atoms with van der Waals surface area (Å²) in [6.07, 6.45) is 13.1. The Bertz CT molecular complexity index is 3100. The van der Waals surface area contributed by atoms with Gasteiger partial charge in [0.05, 0.1) is 11.4 Å². The SMILES string of the molecule is CC1(C)c2cc(-c3ccc(-c4ccc5ccc6cccc7ccc4c5c67)cc3)cnc2-c2ncc(-c3ccc4c5c6c(ccc35)C=CCC6=CC4)cc21. The van der Waals surface area contributed by atoms with Gasteiger partial charge in [-0.15, -0.1) is 0 Å². The van der Waals surface area contributed by atoms with Crippen molar-refractivity contribution < 1.29 is 0 Å². The highest BCUT2D eigenvalue weighted by Gasteiger charge is 2.38. The number of hydrogen-bond donors (Lipinski definition) is 0. The van der Waals surface area contributed by atoms with Crippen LogP contribution in [0.15, 0.2) is 140 Å². The molecule has 9 aromatic rings. The predicted molar refractivity (Wildman–Crippen MR) is 222 cm³/mol. The minimum absolute atomic E-state index is 0.237. The average Bonchev–Trinajstić information content (AvgIpc) is 3.43. The van der Waals surface area contributed by atoms with Crippen LogP contribution in [0.1, 0.15) is 48.1 Å². The van der Waals surface area contributed by atoms with Gasteiger partial charge in [-0.3, -0.25) is 9.97 Å². The lowest BCUT2D eigenvalue weighted by Crippen LogP contribution is -2.15. The number of allylic oxidation sites excluding steroid dienone is 3. The molecule has 3 aliphatic rings. The maximum absolute atomic E-state index is 5.14. The molecule has 0 saturated heterocycles. The number of pyridine rings is 2. The van der Waals surface area contributed by atoms with Gasteiger partial charge >= 0.3 is 0 Å². The van der Waals surface area contributed by atoms with Gasteiger partial charge < -0.3 is 0 Å². The molecule has 2 heteroatoms. The molecule has 0 bridgehead atoms. The summed E-state index contributed by atoms with van der Waals surface area (Å²) in [5.41, 5.74) is 17.1. The van der Waals surface area contributed by atoms with Crippen molar-refractivity contribution in [3.63, 3.8) is 0 Å². The first-order valence-electron chi connectivity index (χ1n) is 18.7. The summed E-state index contributed by atoms with van der Waals surface area (Å²) < 4.78 is 0. The highest BCUT2D eigenvalue weighted by Crippen LogP contribution is 2.50. The van der Waals surface area contributed by atoms with Crippen LogP contribution in [0.25, 0.3) is 99.5 Å². The first-order valence-corrected chi connectivity index (χ1v) is 18.7. The first-order chi connectivity index (χ1) is 26.0. The lowest BCUT2D eigenvalue weighted by molar-refractivity contribution is 0.658. The molecule has 3 aliphatic carbocycles. The normalized spacial score (nSPS) is 15.0. The van der Waals surface area contributed by atoms with Crippen molar-refractivity contribution in [2.75, 3.05) is 0 Å². The third-order valence-corrected chi connectivity index (χ3v) is 12.5. The molecule has 2 heterocycles. The Morgan fingerprint density at radius 1 is 0.528 bits per heavy atom. The topological polar surface area (TPSA) is 25.8 Å². The second-order valence-corrected chi connectivity index (χ2v) is 15.7. The first kappa shape index (κ1) is 29.2. The monoisotopic (exact) mass is 674 g/mol. The fraction of sp³-hybridized carbons (Fsp3) is 0.0980. The Balaban J connectivity index is 0.912. The Hall–Kier alpha value is -6.38. The molecule has 0 saturated carbocycles. The van der Waals surface area contributed by atoms with E-state index in [1.807, 2.05) is 6.20 Å². The molecular weight excluding hydrogens is 641 g/mol. The molecule has 0 radical (unpaired) electrons. The van der Waals surface area contributed by atoms with Gasteiger partial charge in [0, 0.05) is 28.9 Å². The molecule has 0 aliphatic heterocycles. The molecule has 248 valence electrons. The van der Waals surface area contributed by atoms with Crippen LogP contribution in [0, 0.1) is 0 Å². The molecule has 0 fully saturated rings. The summed E-state index contributed by atoms with van der Waals surface area (Å²) >= 11 is 0. The minimum Gasteiger partial charge on any atom is -0.254 e. The van der Waals surface area contributed by atoms with Gasteiger partial charge in [-0.2, -0.15) is 0 Å². The highest BCUT2D eigenvalue weighted by atomic mass is 14.8. The quantitative estimate of drug-likeness (QED) is 0.174. The second kappa shape index (κ2) is 10.4. The van der Waals surface area contributed by atoms with Crippen LogP contribution in [-0.2, 0) is 11.8 Å². The van der Waals surface area contributed by atoms with Crippen molar-refractivity contribution in [1.82, 2.24) is 9.97 Å². The van der Waals surface area contributed by atoms with Crippen molar-refractivity contribution in [3.05, 3.63) is 168 Å². The fourth-order valence-electron chi connectivity index (χ4n) is 9.81. The van der Waals surface area contributed by atoms with E-state index >= 15 is 0 Å². The van der Waals surface area contributed by atoms with Gasteiger partial charge in [0.2, 0.25) is 0 Å². The number of rotatable bonds is 3. The number of nitrogens with zero attached hydrogens (tertiary/aromatic N) is 2.